The Balaban J connectivity index is 1.85. The molecule has 2 aromatic carbocycles. The fourth-order valence-electron chi connectivity index (χ4n) is 1.96. The molecule has 5 heteroatoms. The highest BCUT2D eigenvalue weighted by atomic mass is 35.5. The first-order chi connectivity index (χ1) is 10.2. The lowest BCUT2D eigenvalue weighted by molar-refractivity contribution is 0.215. The SMILES string of the molecule is O=C(Nc1ccccc1)Oc1ccc(Cl)c2cccnc12. The number of benzene rings is 2. The third kappa shape index (κ3) is 2.95. The summed E-state index contributed by atoms with van der Waals surface area (Å²) in [6.45, 7) is 0. The van der Waals surface area contributed by atoms with E-state index in [2.05, 4.69) is 10.3 Å². The minimum Gasteiger partial charge on any atom is -0.408 e. The molecular formula is C16H11ClN2O2. The lowest BCUT2D eigenvalue weighted by Crippen LogP contribution is -2.16. The van der Waals surface area contributed by atoms with Gasteiger partial charge in [0.2, 0.25) is 0 Å². The second-order valence-corrected chi connectivity index (χ2v) is 4.73. The molecule has 21 heavy (non-hydrogen) atoms. The molecule has 0 aliphatic rings. The number of carbonyl (C=O) groups is 1. The molecule has 3 aromatic rings. The van der Waals surface area contributed by atoms with Crippen molar-refractivity contribution in [2.75, 3.05) is 5.32 Å². The van der Waals surface area contributed by atoms with E-state index in [0.717, 1.165) is 5.39 Å². The van der Waals surface area contributed by atoms with Crippen molar-refractivity contribution >= 4 is 34.3 Å². The zero-order valence-electron chi connectivity index (χ0n) is 10.9. The van der Waals surface area contributed by atoms with Crippen LogP contribution in [0.5, 0.6) is 5.75 Å². The molecule has 1 N–H and O–H groups in total. The summed E-state index contributed by atoms with van der Waals surface area (Å²) in [5.41, 5.74) is 1.21. The maximum absolute atomic E-state index is 11.9. The molecule has 0 fully saturated rings. The van der Waals surface area contributed by atoms with Crippen LogP contribution >= 0.6 is 11.6 Å². The van der Waals surface area contributed by atoms with Crippen molar-refractivity contribution in [1.29, 1.82) is 0 Å². The Morgan fingerprint density at radius 3 is 2.67 bits per heavy atom. The van der Waals surface area contributed by atoms with E-state index >= 15 is 0 Å². The van der Waals surface area contributed by atoms with Gasteiger partial charge in [0.05, 0.1) is 5.02 Å². The molecule has 0 bridgehead atoms. The molecule has 1 aromatic heterocycles. The third-order valence-electron chi connectivity index (χ3n) is 2.90. The van der Waals surface area contributed by atoms with Gasteiger partial charge in [0.25, 0.3) is 0 Å². The van der Waals surface area contributed by atoms with E-state index in [0.29, 0.717) is 22.0 Å². The number of hydrogen-bond acceptors (Lipinski definition) is 3. The molecule has 104 valence electrons. The Morgan fingerprint density at radius 1 is 1.05 bits per heavy atom. The minimum atomic E-state index is -0.574. The third-order valence-corrected chi connectivity index (χ3v) is 3.23. The number of nitrogens with one attached hydrogen (secondary N) is 1. The predicted molar refractivity (Wildman–Crippen MR) is 82.8 cm³/mol. The Morgan fingerprint density at radius 2 is 1.86 bits per heavy atom. The van der Waals surface area contributed by atoms with Crippen LogP contribution in [0.25, 0.3) is 10.9 Å². The highest BCUT2D eigenvalue weighted by Gasteiger charge is 2.11. The topological polar surface area (TPSA) is 51.2 Å². The van der Waals surface area contributed by atoms with Crippen molar-refractivity contribution in [3.63, 3.8) is 0 Å². The summed E-state index contributed by atoms with van der Waals surface area (Å²) in [4.78, 5) is 16.1. The van der Waals surface area contributed by atoms with Crippen molar-refractivity contribution in [2.45, 2.75) is 0 Å². The monoisotopic (exact) mass is 298 g/mol. The van der Waals surface area contributed by atoms with Crippen molar-refractivity contribution in [3.05, 3.63) is 65.8 Å². The van der Waals surface area contributed by atoms with Crippen LogP contribution in [0.4, 0.5) is 10.5 Å². The summed E-state index contributed by atoms with van der Waals surface area (Å²) in [6, 6.07) is 16.0. The van der Waals surface area contributed by atoms with Gasteiger partial charge in [-0.2, -0.15) is 0 Å². The van der Waals surface area contributed by atoms with Gasteiger partial charge in [-0.1, -0.05) is 29.8 Å². The van der Waals surface area contributed by atoms with Gasteiger partial charge in [-0.15, -0.1) is 0 Å². The zero-order valence-corrected chi connectivity index (χ0v) is 11.7. The van der Waals surface area contributed by atoms with Crippen LogP contribution in [0.15, 0.2) is 60.8 Å². The van der Waals surface area contributed by atoms with Crippen LogP contribution in [0.2, 0.25) is 5.02 Å². The number of hydrogen-bond donors (Lipinski definition) is 1. The highest BCUT2D eigenvalue weighted by molar-refractivity contribution is 6.35. The molecule has 1 heterocycles. The van der Waals surface area contributed by atoms with E-state index in [-0.39, 0.29) is 0 Å². The number of pyridine rings is 1. The molecule has 0 aliphatic carbocycles. The summed E-state index contributed by atoms with van der Waals surface area (Å²) in [5.74, 6) is 0.364. The summed E-state index contributed by atoms with van der Waals surface area (Å²) in [7, 11) is 0. The van der Waals surface area contributed by atoms with Gasteiger partial charge in [0.1, 0.15) is 5.52 Å². The van der Waals surface area contributed by atoms with Gasteiger partial charge >= 0.3 is 6.09 Å². The number of anilines is 1. The van der Waals surface area contributed by atoms with Crippen molar-refractivity contribution < 1.29 is 9.53 Å². The lowest BCUT2D eigenvalue weighted by Gasteiger charge is -2.09. The first-order valence-corrected chi connectivity index (χ1v) is 6.69. The molecule has 0 saturated heterocycles. The number of nitrogens with zero attached hydrogens (tertiary/aromatic N) is 1. The fraction of sp³-hybridized carbons (Fsp3) is 0. The van der Waals surface area contributed by atoms with Gasteiger partial charge < -0.3 is 4.74 Å². The molecule has 0 radical (unpaired) electrons. The van der Waals surface area contributed by atoms with Gasteiger partial charge in [-0.25, -0.2) is 4.79 Å². The fourth-order valence-corrected chi connectivity index (χ4v) is 2.17. The first-order valence-electron chi connectivity index (χ1n) is 6.31. The first kappa shape index (κ1) is 13.4. The second-order valence-electron chi connectivity index (χ2n) is 4.33. The van der Waals surface area contributed by atoms with Crippen molar-refractivity contribution in [3.8, 4) is 5.75 Å². The average Bonchev–Trinajstić information content (AvgIpc) is 2.51. The molecule has 0 aliphatic heterocycles. The average molecular weight is 299 g/mol. The zero-order chi connectivity index (χ0) is 14.7. The summed E-state index contributed by atoms with van der Waals surface area (Å²) in [6.07, 6.45) is 1.05. The summed E-state index contributed by atoms with van der Waals surface area (Å²) in [5, 5.41) is 3.95. The lowest BCUT2D eigenvalue weighted by atomic mass is 10.2. The predicted octanol–water partition coefficient (Wildman–Crippen LogP) is 4.50. The quantitative estimate of drug-likeness (QED) is 0.758. The molecule has 4 nitrogen and oxygen atoms in total. The number of ether oxygens (including phenoxy) is 1. The molecular weight excluding hydrogens is 288 g/mol. The van der Waals surface area contributed by atoms with Crippen LogP contribution < -0.4 is 10.1 Å². The molecule has 0 spiro atoms. The highest BCUT2D eigenvalue weighted by Crippen LogP contribution is 2.29. The number of aromatic nitrogens is 1. The van der Waals surface area contributed by atoms with Crippen LogP contribution in [-0.2, 0) is 0 Å². The number of rotatable bonds is 2. The maximum Gasteiger partial charge on any atom is 0.417 e. The second kappa shape index (κ2) is 5.81. The smallest absolute Gasteiger partial charge is 0.408 e. The molecule has 0 atom stereocenters. The Kier molecular flexibility index (Phi) is 3.71. The van der Waals surface area contributed by atoms with Gasteiger partial charge in [0.15, 0.2) is 5.75 Å². The van der Waals surface area contributed by atoms with E-state index in [1.807, 2.05) is 24.3 Å². The Bertz CT molecular complexity index is 791. The number of carbonyl (C=O) groups excluding carboxylic acids is 1. The summed E-state index contributed by atoms with van der Waals surface area (Å²) >= 11 is 6.10. The molecule has 1 amide bonds. The largest absolute Gasteiger partial charge is 0.417 e. The van der Waals surface area contributed by atoms with Crippen molar-refractivity contribution in [2.24, 2.45) is 0 Å². The van der Waals surface area contributed by atoms with Crippen LogP contribution in [0.1, 0.15) is 0 Å². The number of amides is 1. The standard InChI is InChI=1S/C16H11ClN2O2/c17-13-8-9-14(15-12(13)7-4-10-18-15)21-16(20)19-11-5-2-1-3-6-11/h1-10H,(H,19,20). The maximum atomic E-state index is 11.9. The van der Waals surface area contributed by atoms with Gasteiger partial charge in [-0.05, 0) is 36.4 Å². The van der Waals surface area contributed by atoms with E-state index < -0.39 is 6.09 Å². The number of para-hydroxylation sites is 1. The van der Waals surface area contributed by atoms with Gasteiger partial charge in [0, 0.05) is 17.3 Å². The van der Waals surface area contributed by atoms with E-state index in [1.165, 1.54) is 0 Å². The molecule has 0 saturated carbocycles. The van der Waals surface area contributed by atoms with Crippen molar-refractivity contribution in [1.82, 2.24) is 4.98 Å². The van der Waals surface area contributed by atoms with E-state index in [1.54, 1.807) is 36.5 Å². The van der Waals surface area contributed by atoms with E-state index in [4.69, 9.17) is 16.3 Å². The minimum absolute atomic E-state index is 0.364. The molecule has 3 rings (SSSR count). The summed E-state index contributed by atoms with van der Waals surface area (Å²) < 4.78 is 5.32. The Hall–Kier alpha value is -2.59. The van der Waals surface area contributed by atoms with Crippen LogP contribution in [0.3, 0.4) is 0 Å². The Labute approximate surface area is 126 Å². The van der Waals surface area contributed by atoms with Crippen LogP contribution in [-0.4, -0.2) is 11.1 Å². The van der Waals surface area contributed by atoms with E-state index in [9.17, 15) is 4.79 Å². The number of fused-ring (bicyclic) bond motifs is 1. The number of halogens is 1. The van der Waals surface area contributed by atoms with Crippen LogP contribution in [0, 0.1) is 0 Å². The molecule has 0 unspecified atom stereocenters. The van der Waals surface area contributed by atoms with Gasteiger partial charge in [-0.3, -0.25) is 10.3 Å². The normalized spacial score (nSPS) is 10.3.